The van der Waals surface area contributed by atoms with Gasteiger partial charge in [0.15, 0.2) is 5.78 Å². The van der Waals surface area contributed by atoms with Crippen molar-refractivity contribution in [3.63, 3.8) is 0 Å². The van der Waals surface area contributed by atoms with Crippen LogP contribution in [0.5, 0.6) is 0 Å². The quantitative estimate of drug-likeness (QED) is 0.416. The second kappa shape index (κ2) is 14.3. The van der Waals surface area contributed by atoms with Gasteiger partial charge in [0, 0.05) is 25.4 Å². The normalized spacial score (nSPS) is 16.7. The van der Waals surface area contributed by atoms with Gasteiger partial charge in [0.05, 0.1) is 6.04 Å². The molecule has 1 saturated heterocycles. The van der Waals surface area contributed by atoms with Gasteiger partial charge in [-0.15, -0.1) is 0 Å². The van der Waals surface area contributed by atoms with E-state index in [-0.39, 0.29) is 36.6 Å². The van der Waals surface area contributed by atoms with E-state index in [1.54, 1.807) is 4.90 Å². The molecule has 0 saturated carbocycles. The number of nitrogens with zero attached hydrogens (tertiary/aromatic N) is 1. The highest BCUT2D eigenvalue weighted by atomic mass is 16.5. The van der Waals surface area contributed by atoms with Crippen molar-refractivity contribution in [3.8, 4) is 0 Å². The largest absolute Gasteiger partial charge is 0.445 e. The molecule has 204 valence electrons. The van der Waals surface area contributed by atoms with Crippen LogP contribution < -0.4 is 10.6 Å². The van der Waals surface area contributed by atoms with Crippen LogP contribution in [0.25, 0.3) is 0 Å². The smallest absolute Gasteiger partial charge is 0.408 e. The molecule has 1 heterocycles. The molecule has 0 bridgehead atoms. The van der Waals surface area contributed by atoms with E-state index >= 15 is 0 Å². The lowest BCUT2D eigenvalue weighted by Gasteiger charge is -2.24. The number of rotatable bonds is 13. The number of alkyl carbamates (subject to hydrolysis) is 1. The minimum atomic E-state index is -0.868. The van der Waals surface area contributed by atoms with Gasteiger partial charge in [-0.2, -0.15) is 0 Å². The van der Waals surface area contributed by atoms with Crippen LogP contribution in [-0.2, 0) is 32.1 Å². The molecule has 3 rings (SSSR count). The molecule has 0 aromatic heterocycles. The van der Waals surface area contributed by atoms with Crippen LogP contribution in [0.1, 0.15) is 51.2 Å². The summed E-state index contributed by atoms with van der Waals surface area (Å²) in [5, 5.41) is 5.56. The third-order valence-corrected chi connectivity index (χ3v) is 6.75. The maximum Gasteiger partial charge on any atom is 0.408 e. The summed E-state index contributed by atoms with van der Waals surface area (Å²) in [7, 11) is 0. The SMILES string of the molecule is CCN1CC[C@@H](CC(=O)C(Cc2ccccc2)NC(=O)[C@H](CC(C)C)NC(=O)OCc2ccccc2)C1=O. The molecule has 0 radical (unpaired) electrons. The third-order valence-electron chi connectivity index (χ3n) is 6.75. The summed E-state index contributed by atoms with van der Waals surface area (Å²) >= 11 is 0. The van der Waals surface area contributed by atoms with Crippen molar-refractivity contribution in [2.75, 3.05) is 13.1 Å². The molecular formula is C30H39N3O5. The average Bonchev–Trinajstić information content (AvgIpc) is 3.26. The van der Waals surface area contributed by atoms with Crippen molar-refractivity contribution in [2.45, 2.75) is 65.1 Å². The van der Waals surface area contributed by atoms with Crippen LogP contribution in [-0.4, -0.2) is 53.8 Å². The number of ether oxygens (including phenoxy) is 1. The maximum atomic E-state index is 13.4. The van der Waals surface area contributed by atoms with E-state index in [0.29, 0.717) is 32.4 Å². The number of ketones is 1. The van der Waals surface area contributed by atoms with Crippen molar-refractivity contribution in [1.82, 2.24) is 15.5 Å². The molecule has 0 aliphatic carbocycles. The molecule has 8 heteroatoms. The van der Waals surface area contributed by atoms with Gasteiger partial charge in [-0.1, -0.05) is 74.5 Å². The number of hydrogen-bond donors (Lipinski definition) is 2. The molecule has 3 atom stereocenters. The summed E-state index contributed by atoms with van der Waals surface area (Å²) in [5.41, 5.74) is 1.74. The van der Waals surface area contributed by atoms with E-state index in [2.05, 4.69) is 10.6 Å². The lowest BCUT2D eigenvalue weighted by atomic mass is 9.93. The summed E-state index contributed by atoms with van der Waals surface area (Å²) < 4.78 is 5.32. The fourth-order valence-electron chi connectivity index (χ4n) is 4.67. The van der Waals surface area contributed by atoms with Gasteiger partial charge in [-0.3, -0.25) is 14.4 Å². The first-order valence-electron chi connectivity index (χ1n) is 13.4. The van der Waals surface area contributed by atoms with Crippen LogP contribution in [0, 0.1) is 11.8 Å². The van der Waals surface area contributed by atoms with Gasteiger partial charge >= 0.3 is 6.09 Å². The Morgan fingerprint density at radius 1 is 0.947 bits per heavy atom. The van der Waals surface area contributed by atoms with Crippen LogP contribution in [0.3, 0.4) is 0 Å². The second-order valence-corrected chi connectivity index (χ2v) is 10.2. The highest BCUT2D eigenvalue weighted by Crippen LogP contribution is 2.22. The Bertz CT molecular complexity index is 1070. The number of carbonyl (C=O) groups is 4. The molecular weight excluding hydrogens is 482 g/mol. The first kappa shape index (κ1) is 28.9. The zero-order valence-electron chi connectivity index (χ0n) is 22.5. The first-order chi connectivity index (χ1) is 18.3. The molecule has 1 aliphatic rings. The third kappa shape index (κ3) is 8.71. The zero-order valence-corrected chi connectivity index (χ0v) is 22.5. The predicted octanol–water partition coefficient (Wildman–Crippen LogP) is 3.88. The minimum Gasteiger partial charge on any atom is -0.445 e. The molecule has 2 N–H and O–H groups in total. The molecule has 1 aliphatic heterocycles. The number of nitrogens with one attached hydrogen (secondary N) is 2. The van der Waals surface area contributed by atoms with Crippen molar-refractivity contribution in [3.05, 3.63) is 71.8 Å². The van der Waals surface area contributed by atoms with Crippen molar-refractivity contribution >= 4 is 23.7 Å². The fourth-order valence-corrected chi connectivity index (χ4v) is 4.67. The van der Waals surface area contributed by atoms with Gasteiger partial charge in [0.1, 0.15) is 12.6 Å². The van der Waals surface area contributed by atoms with Gasteiger partial charge in [0.2, 0.25) is 11.8 Å². The maximum absolute atomic E-state index is 13.4. The predicted molar refractivity (Wildman–Crippen MR) is 145 cm³/mol. The standard InChI is InChI=1S/C30H39N3O5/c1-4-33-16-15-24(29(33)36)19-27(34)25(18-22-11-7-5-8-12-22)31-28(35)26(17-21(2)3)32-30(37)38-20-23-13-9-6-10-14-23/h5-14,21,24-26H,4,15-20H2,1-3H3,(H,31,35)(H,32,37)/t24-,25?,26-/m0/s1. The first-order valence-corrected chi connectivity index (χ1v) is 13.4. The minimum absolute atomic E-state index is 0.00819. The Labute approximate surface area is 225 Å². The second-order valence-electron chi connectivity index (χ2n) is 10.2. The Balaban J connectivity index is 1.68. The number of hydrogen-bond acceptors (Lipinski definition) is 5. The van der Waals surface area contributed by atoms with E-state index in [4.69, 9.17) is 4.74 Å². The monoisotopic (exact) mass is 521 g/mol. The summed E-state index contributed by atoms with van der Waals surface area (Å²) in [6, 6.07) is 17.0. The molecule has 8 nitrogen and oxygen atoms in total. The van der Waals surface area contributed by atoms with Crippen LogP contribution in [0.15, 0.2) is 60.7 Å². The van der Waals surface area contributed by atoms with E-state index in [9.17, 15) is 19.2 Å². The van der Waals surface area contributed by atoms with E-state index in [1.165, 1.54) is 0 Å². The molecule has 38 heavy (non-hydrogen) atoms. The van der Waals surface area contributed by atoms with Crippen LogP contribution in [0.4, 0.5) is 4.79 Å². The summed E-state index contributed by atoms with van der Waals surface area (Å²) in [4.78, 5) is 53.7. The summed E-state index contributed by atoms with van der Waals surface area (Å²) in [5.74, 6) is -0.896. The number of carbonyl (C=O) groups excluding carboxylic acids is 4. The van der Waals surface area contributed by atoms with Gasteiger partial charge in [0.25, 0.3) is 0 Å². The Morgan fingerprint density at radius 3 is 2.16 bits per heavy atom. The number of amides is 3. The highest BCUT2D eigenvalue weighted by molar-refractivity contribution is 5.94. The lowest BCUT2D eigenvalue weighted by molar-refractivity contribution is -0.134. The molecule has 2 aromatic carbocycles. The Hall–Kier alpha value is -3.68. The van der Waals surface area contributed by atoms with Crippen LogP contribution in [0.2, 0.25) is 0 Å². The molecule has 2 aromatic rings. The zero-order chi connectivity index (χ0) is 27.5. The lowest BCUT2D eigenvalue weighted by Crippen LogP contribution is -2.53. The topological polar surface area (TPSA) is 105 Å². The van der Waals surface area contributed by atoms with Crippen molar-refractivity contribution in [1.29, 1.82) is 0 Å². The summed E-state index contributed by atoms with van der Waals surface area (Å²) in [6.45, 7) is 7.18. The van der Waals surface area contributed by atoms with Crippen molar-refractivity contribution in [2.24, 2.45) is 11.8 Å². The molecule has 1 unspecified atom stereocenters. The van der Waals surface area contributed by atoms with Crippen LogP contribution >= 0.6 is 0 Å². The van der Waals surface area contributed by atoms with E-state index < -0.39 is 24.1 Å². The van der Waals surface area contributed by atoms with Crippen molar-refractivity contribution < 1.29 is 23.9 Å². The molecule has 0 spiro atoms. The number of benzene rings is 2. The summed E-state index contributed by atoms with van der Waals surface area (Å²) in [6.07, 6.45) is 0.697. The van der Waals surface area contributed by atoms with Gasteiger partial charge < -0.3 is 20.3 Å². The number of likely N-dealkylation sites (tertiary alicyclic amines) is 1. The van der Waals surface area contributed by atoms with Gasteiger partial charge in [-0.05, 0) is 43.2 Å². The Kier molecular flexibility index (Phi) is 10.9. The number of Topliss-reactive ketones (excluding diaryl/α,β-unsaturated/α-hetero) is 1. The van der Waals surface area contributed by atoms with E-state index in [1.807, 2.05) is 81.4 Å². The molecule has 3 amide bonds. The van der Waals surface area contributed by atoms with Gasteiger partial charge in [-0.25, -0.2) is 4.79 Å². The molecule has 1 fully saturated rings. The highest BCUT2D eigenvalue weighted by Gasteiger charge is 2.35. The Morgan fingerprint density at radius 2 is 1.58 bits per heavy atom. The van der Waals surface area contributed by atoms with E-state index in [0.717, 1.165) is 11.1 Å². The average molecular weight is 522 g/mol. The fraction of sp³-hybridized carbons (Fsp3) is 0.467.